The normalized spacial score (nSPS) is 36.5. The third kappa shape index (κ3) is 2.24. The van der Waals surface area contributed by atoms with Crippen molar-refractivity contribution >= 4 is 5.78 Å². The van der Waals surface area contributed by atoms with Crippen LogP contribution in [0.4, 0.5) is 8.78 Å². The van der Waals surface area contributed by atoms with E-state index < -0.39 is 5.92 Å². The summed E-state index contributed by atoms with van der Waals surface area (Å²) in [5.41, 5.74) is 0. The van der Waals surface area contributed by atoms with Gasteiger partial charge in [0.25, 0.3) is 0 Å². The number of halogens is 2. The molecule has 98 valence electrons. The van der Waals surface area contributed by atoms with Crippen molar-refractivity contribution in [3.05, 3.63) is 0 Å². The van der Waals surface area contributed by atoms with Crippen molar-refractivity contribution in [2.24, 2.45) is 17.8 Å². The number of rotatable bonds is 3. The second-order valence-electron chi connectivity index (χ2n) is 5.78. The van der Waals surface area contributed by atoms with E-state index in [4.69, 9.17) is 0 Å². The lowest BCUT2D eigenvalue weighted by Gasteiger charge is -2.27. The van der Waals surface area contributed by atoms with E-state index in [0.29, 0.717) is 6.54 Å². The summed E-state index contributed by atoms with van der Waals surface area (Å²) in [6, 6.07) is -0.265. The molecule has 0 radical (unpaired) electrons. The Kier molecular flexibility index (Phi) is 3.27. The number of hydrogen-bond donors (Lipinski definition) is 0. The van der Waals surface area contributed by atoms with E-state index in [9.17, 15) is 13.6 Å². The van der Waals surface area contributed by atoms with Crippen molar-refractivity contribution in [2.75, 3.05) is 13.1 Å². The minimum absolute atomic E-state index is 0.0117. The molecule has 2 nitrogen and oxygen atoms in total. The zero-order valence-electron chi connectivity index (χ0n) is 10.7. The Morgan fingerprint density at radius 2 is 2.06 bits per heavy atom. The number of nitrogens with zero attached hydrogens (tertiary/aromatic N) is 1. The minimum atomic E-state index is -2.55. The Labute approximate surface area is 101 Å². The van der Waals surface area contributed by atoms with Crippen LogP contribution in [0.3, 0.4) is 0 Å². The molecule has 2 rings (SSSR count). The van der Waals surface area contributed by atoms with Gasteiger partial charge in [0.2, 0.25) is 5.92 Å². The summed E-state index contributed by atoms with van der Waals surface area (Å²) in [7, 11) is 0. The first-order chi connectivity index (χ1) is 7.85. The predicted octanol–water partition coefficient (Wildman–Crippen LogP) is 2.58. The first-order valence-corrected chi connectivity index (χ1v) is 6.51. The van der Waals surface area contributed by atoms with Gasteiger partial charge in [-0.1, -0.05) is 20.8 Å². The number of likely N-dealkylation sites (tertiary alicyclic amines) is 1. The molecule has 0 bridgehead atoms. The molecular weight excluding hydrogens is 224 g/mol. The van der Waals surface area contributed by atoms with Gasteiger partial charge < -0.3 is 0 Å². The third-order valence-corrected chi connectivity index (χ3v) is 4.24. The fourth-order valence-corrected chi connectivity index (χ4v) is 3.44. The minimum Gasteiger partial charge on any atom is -0.298 e. The van der Waals surface area contributed by atoms with Gasteiger partial charge in [-0.05, 0) is 18.4 Å². The van der Waals surface area contributed by atoms with Crippen LogP contribution < -0.4 is 0 Å². The summed E-state index contributed by atoms with van der Waals surface area (Å²) < 4.78 is 26.8. The Morgan fingerprint density at radius 3 is 2.59 bits per heavy atom. The molecule has 0 aromatic rings. The fraction of sp³-hybridized carbons (Fsp3) is 0.923. The molecule has 0 aromatic heterocycles. The Morgan fingerprint density at radius 1 is 1.41 bits per heavy atom. The van der Waals surface area contributed by atoms with Crippen LogP contribution in [0.5, 0.6) is 0 Å². The number of ketones is 1. The van der Waals surface area contributed by atoms with Crippen LogP contribution >= 0.6 is 0 Å². The number of alkyl halides is 2. The topological polar surface area (TPSA) is 20.3 Å². The molecule has 1 saturated carbocycles. The van der Waals surface area contributed by atoms with Gasteiger partial charge in [-0.25, -0.2) is 8.78 Å². The average molecular weight is 245 g/mol. The molecule has 2 fully saturated rings. The van der Waals surface area contributed by atoms with E-state index in [-0.39, 0.29) is 42.4 Å². The summed E-state index contributed by atoms with van der Waals surface area (Å²) >= 11 is 0. The molecular formula is C13H21F2NO. The van der Waals surface area contributed by atoms with E-state index in [0.717, 1.165) is 6.54 Å². The summed E-state index contributed by atoms with van der Waals surface area (Å²) in [5, 5.41) is 0. The first kappa shape index (κ1) is 12.9. The van der Waals surface area contributed by atoms with Crippen molar-refractivity contribution in [3.63, 3.8) is 0 Å². The lowest BCUT2D eigenvalue weighted by atomic mass is 9.87. The lowest BCUT2D eigenvalue weighted by molar-refractivity contribution is -0.127. The van der Waals surface area contributed by atoms with Crippen LogP contribution in [-0.4, -0.2) is 35.7 Å². The number of carbonyl (C=O) groups is 1. The molecule has 0 aromatic carbocycles. The SMILES string of the molecule is CCN1CC2CC(F)(F)CC2C1C(=O)C(C)C. The number of fused-ring (bicyclic) bond motifs is 1. The largest absolute Gasteiger partial charge is 0.298 e. The van der Waals surface area contributed by atoms with Crippen molar-refractivity contribution < 1.29 is 13.6 Å². The molecule has 0 N–H and O–H groups in total. The Hall–Kier alpha value is -0.510. The first-order valence-electron chi connectivity index (χ1n) is 6.51. The molecule has 1 heterocycles. The van der Waals surface area contributed by atoms with E-state index in [1.165, 1.54) is 0 Å². The molecule has 17 heavy (non-hydrogen) atoms. The highest BCUT2D eigenvalue weighted by Crippen LogP contribution is 2.50. The van der Waals surface area contributed by atoms with Gasteiger partial charge in [0.15, 0.2) is 5.78 Å². The van der Waals surface area contributed by atoms with Gasteiger partial charge in [-0.15, -0.1) is 0 Å². The molecule has 2 aliphatic rings. The van der Waals surface area contributed by atoms with Gasteiger partial charge >= 0.3 is 0 Å². The number of carbonyl (C=O) groups excluding carboxylic acids is 1. The number of hydrogen-bond acceptors (Lipinski definition) is 2. The molecule has 1 aliphatic carbocycles. The maximum absolute atomic E-state index is 13.4. The standard InChI is InChI=1S/C13H21F2NO/c1-4-16-7-9-5-13(14,15)6-10(9)11(16)12(17)8(2)3/h8-11H,4-7H2,1-3H3. The van der Waals surface area contributed by atoms with Gasteiger partial charge in [-0.2, -0.15) is 0 Å². The summed E-state index contributed by atoms with van der Waals surface area (Å²) in [5.74, 6) is -2.60. The van der Waals surface area contributed by atoms with Gasteiger partial charge in [0.1, 0.15) is 0 Å². The van der Waals surface area contributed by atoms with Crippen LogP contribution in [-0.2, 0) is 4.79 Å². The molecule has 1 saturated heterocycles. The number of likely N-dealkylation sites (N-methyl/N-ethyl adjacent to an activating group) is 1. The molecule has 3 atom stereocenters. The van der Waals surface area contributed by atoms with Crippen molar-refractivity contribution in [1.82, 2.24) is 4.90 Å². The second-order valence-corrected chi connectivity index (χ2v) is 5.78. The second kappa shape index (κ2) is 4.30. The molecule has 0 amide bonds. The average Bonchev–Trinajstić information content (AvgIpc) is 2.67. The fourth-order valence-electron chi connectivity index (χ4n) is 3.44. The van der Waals surface area contributed by atoms with E-state index in [1.54, 1.807) is 0 Å². The van der Waals surface area contributed by atoms with Gasteiger partial charge in [-0.3, -0.25) is 9.69 Å². The molecule has 3 unspecified atom stereocenters. The quantitative estimate of drug-likeness (QED) is 0.761. The predicted molar refractivity (Wildman–Crippen MR) is 62.0 cm³/mol. The highest BCUT2D eigenvalue weighted by atomic mass is 19.3. The highest BCUT2D eigenvalue weighted by molar-refractivity contribution is 5.86. The summed E-state index contributed by atoms with van der Waals surface area (Å²) in [4.78, 5) is 14.3. The maximum atomic E-state index is 13.4. The van der Waals surface area contributed by atoms with E-state index >= 15 is 0 Å². The lowest BCUT2D eigenvalue weighted by Crippen LogP contribution is -2.42. The number of Topliss-reactive ketones (excluding diaryl/α,β-unsaturated/α-hetero) is 1. The van der Waals surface area contributed by atoms with Crippen LogP contribution in [0.15, 0.2) is 0 Å². The van der Waals surface area contributed by atoms with Gasteiger partial charge in [0, 0.05) is 25.3 Å². The van der Waals surface area contributed by atoms with Gasteiger partial charge in [0.05, 0.1) is 6.04 Å². The van der Waals surface area contributed by atoms with E-state index in [1.807, 2.05) is 20.8 Å². The third-order valence-electron chi connectivity index (χ3n) is 4.24. The van der Waals surface area contributed by atoms with Crippen LogP contribution in [0, 0.1) is 17.8 Å². The van der Waals surface area contributed by atoms with Crippen LogP contribution in [0.1, 0.15) is 33.6 Å². The van der Waals surface area contributed by atoms with E-state index in [2.05, 4.69) is 4.90 Å². The smallest absolute Gasteiger partial charge is 0.248 e. The summed E-state index contributed by atoms with van der Waals surface area (Å²) in [6.07, 6.45) is -0.132. The molecule has 1 aliphatic heterocycles. The van der Waals surface area contributed by atoms with Crippen molar-refractivity contribution in [1.29, 1.82) is 0 Å². The Bertz CT molecular complexity index is 317. The summed E-state index contributed by atoms with van der Waals surface area (Å²) in [6.45, 7) is 7.16. The molecule has 4 heteroatoms. The zero-order chi connectivity index (χ0) is 12.8. The Balaban J connectivity index is 2.19. The highest BCUT2D eigenvalue weighted by Gasteiger charge is 2.56. The van der Waals surface area contributed by atoms with Crippen molar-refractivity contribution in [2.45, 2.75) is 45.6 Å². The molecule has 0 spiro atoms. The maximum Gasteiger partial charge on any atom is 0.248 e. The van der Waals surface area contributed by atoms with Crippen LogP contribution in [0.2, 0.25) is 0 Å². The monoisotopic (exact) mass is 245 g/mol. The van der Waals surface area contributed by atoms with Crippen LogP contribution in [0.25, 0.3) is 0 Å². The zero-order valence-corrected chi connectivity index (χ0v) is 10.7. The van der Waals surface area contributed by atoms with Crippen molar-refractivity contribution in [3.8, 4) is 0 Å².